The van der Waals surface area contributed by atoms with E-state index in [9.17, 15) is 18.3 Å². The van der Waals surface area contributed by atoms with Gasteiger partial charge in [-0.25, -0.2) is 0 Å². The van der Waals surface area contributed by atoms with Crippen LogP contribution in [-0.4, -0.2) is 73.6 Å². The number of halogens is 3. The van der Waals surface area contributed by atoms with Crippen molar-refractivity contribution in [3.05, 3.63) is 29.8 Å². The molecular weight excluding hydrogens is 383 g/mol. The molecule has 3 atom stereocenters. The minimum atomic E-state index is -4.32. The van der Waals surface area contributed by atoms with Gasteiger partial charge in [-0.3, -0.25) is 4.90 Å². The fourth-order valence-electron chi connectivity index (χ4n) is 4.71. The van der Waals surface area contributed by atoms with Crippen molar-refractivity contribution in [2.24, 2.45) is 0 Å². The number of benzene rings is 1. The van der Waals surface area contributed by atoms with Crippen LogP contribution in [0.25, 0.3) is 0 Å². The Labute approximate surface area is 169 Å². The fourth-order valence-corrected chi connectivity index (χ4v) is 4.71. The highest BCUT2D eigenvalue weighted by Gasteiger charge is 2.38. The fraction of sp³-hybridized carbons (Fsp3) is 0.714. The van der Waals surface area contributed by atoms with Gasteiger partial charge in [0.2, 0.25) is 0 Å². The highest BCUT2D eigenvalue weighted by molar-refractivity contribution is 5.49. The SMILES string of the molecule is O[C@@H]1[C@@H](NC2CCCC2)CO[C@H]1CN1CCN(c2cccc(C(F)(F)F)c2)CC1. The summed E-state index contributed by atoms with van der Waals surface area (Å²) in [4.78, 5) is 4.22. The Bertz CT molecular complexity index is 673. The van der Waals surface area contributed by atoms with Gasteiger partial charge in [-0.2, -0.15) is 13.2 Å². The summed E-state index contributed by atoms with van der Waals surface area (Å²) in [6.07, 6.45) is -0.207. The van der Waals surface area contributed by atoms with E-state index in [0.29, 0.717) is 38.0 Å². The van der Waals surface area contributed by atoms with Gasteiger partial charge in [-0.1, -0.05) is 18.9 Å². The summed E-state index contributed by atoms with van der Waals surface area (Å²) in [6.45, 7) is 3.99. The number of piperazine rings is 1. The van der Waals surface area contributed by atoms with Crippen molar-refractivity contribution in [3.63, 3.8) is 0 Å². The number of hydrogen-bond donors (Lipinski definition) is 2. The highest BCUT2D eigenvalue weighted by Crippen LogP contribution is 2.32. The summed E-state index contributed by atoms with van der Waals surface area (Å²) in [6, 6.07) is 6.01. The molecule has 5 nitrogen and oxygen atoms in total. The van der Waals surface area contributed by atoms with Gasteiger partial charge in [0, 0.05) is 44.5 Å². The van der Waals surface area contributed by atoms with Crippen molar-refractivity contribution in [2.45, 2.75) is 56.2 Å². The third-order valence-corrected chi connectivity index (χ3v) is 6.44. The van der Waals surface area contributed by atoms with E-state index in [1.807, 2.05) is 4.90 Å². The number of ether oxygens (including phenoxy) is 1. The van der Waals surface area contributed by atoms with Crippen LogP contribution in [0.5, 0.6) is 0 Å². The number of alkyl halides is 3. The third-order valence-electron chi connectivity index (χ3n) is 6.44. The summed E-state index contributed by atoms with van der Waals surface area (Å²) < 4.78 is 44.7. The first-order chi connectivity index (χ1) is 13.9. The number of aliphatic hydroxyl groups is 1. The zero-order valence-corrected chi connectivity index (χ0v) is 16.6. The maximum atomic E-state index is 13.0. The molecule has 2 aliphatic heterocycles. The molecule has 0 aromatic heterocycles. The Balaban J connectivity index is 1.26. The van der Waals surface area contributed by atoms with Crippen molar-refractivity contribution < 1.29 is 23.0 Å². The van der Waals surface area contributed by atoms with Crippen LogP contribution >= 0.6 is 0 Å². The number of aliphatic hydroxyl groups excluding tert-OH is 1. The molecular formula is C21H30F3N3O2. The average molecular weight is 413 g/mol. The zero-order valence-electron chi connectivity index (χ0n) is 16.6. The van der Waals surface area contributed by atoms with Crippen molar-refractivity contribution >= 4 is 5.69 Å². The minimum Gasteiger partial charge on any atom is -0.389 e. The van der Waals surface area contributed by atoms with Crippen LogP contribution in [0.15, 0.2) is 24.3 Å². The maximum Gasteiger partial charge on any atom is 0.416 e. The number of nitrogens with one attached hydrogen (secondary N) is 1. The molecule has 162 valence electrons. The lowest BCUT2D eigenvalue weighted by molar-refractivity contribution is -0.137. The van der Waals surface area contributed by atoms with Crippen molar-refractivity contribution in [2.75, 3.05) is 44.2 Å². The quantitative estimate of drug-likeness (QED) is 0.777. The van der Waals surface area contributed by atoms with E-state index in [1.165, 1.54) is 37.8 Å². The molecule has 0 bridgehead atoms. The first-order valence-corrected chi connectivity index (χ1v) is 10.6. The van der Waals surface area contributed by atoms with E-state index in [4.69, 9.17) is 4.74 Å². The lowest BCUT2D eigenvalue weighted by atomic mass is 10.1. The molecule has 0 spiro atoms. The topological polar surface area (TPSA) is 48.0 Å². The van der Waals surface area contributed by atoms with Gasteiger partial charge < -0.3 is 20.1 Å². The lowest BCUT2D eigenvalue weighted by Gasteiger charge is -2.37. The largest absolute Gasteiger partial charge is 0.416 e. The van der Waals surface area contributed by atoms with Crippen LogP contribution in [0.2, 0.25) is 0 Å². The summed E-state index contributed by atoms with van der Waals surface area (Å²) >= 11 is 0. The molecule has 0 unspecified atom stereocenters. The lowest BCUT2D eigenvalue weighted by Crippen LogP contribution is -2.51. The monoisotopic (exact) mass is 413 g/mol. The van der Waals surface area contributed by atoms with Gasteiger partial charge in [0.05, 0.1) is 30.4 Å². The van der Waals surface area contributed by atoms with Crippen molar-refractivity contribution in [1.82, 2.24) is 10.2 Å². The first kappa shape index (κ1) is 20.9. The molecule has 3 aliphatic rings. The average Bonchev–Trinajstić information content (AvgIpc) is 3.34. The molecule has 3 fully saturated rings. The highest BCUT2D eigenvalue weighted by atomic mass is 19.4. The number of hydrogen-bond acceptors (Lipinski definition) is 5. The maximum absolute atomic E-state index is 13.0. The first-order valence-electron chi connectivity index (χ1n) is 10.6. The summed E-state index contributed by atoms with van der Waals surface area (Å²) in [5.41, 5.74) is -0.00170. The van der Waals surface area contributed by atoms with Gasteiger partial charge >= 0.3 is 6.18 Å². The van der Waals surface area contributed by atoms with Gasteiger partial charge in [0.1, 0.15) is 0 Å². The van der Waals surface area contributed by atoms with E-state index >= 15 is 0 Å². The summed E-state index contributed by atoms with van der Waals surface area (Å²) in [5.74, 6) is 0. The van der Waals surface area contributed by atoms with E-state index < -0.39 is 17.8 Å². The smallest absolute Gasteiger partial charge is 0.389 e. The van der Waals surface area contributed by atoms with Crippen LogP contribution in [-0.2, 0) is 10.9 Å². The second-order valence-corrected chi connectivity index (χ2v) is 8.45. The Morgan fingerprint density at radius 2 is 1.83 bits per heavy atom. The third kappa shape index (κ3) is 5.05. The number of nitrogens with zero attached hydrogens (tertiary/aromatic N) is 2. The summed E-state index contributed by atoms with van der Waals surface area (Å²) in [5, 5.41) is 14.2. The van der Waals surface area contributed by atoms with Crippen molar-refractivity contribution in [3.8, 4) is 0 Å². The Morgan fingerprint density at radius 1 is 1.10 bits per heavy atom. The normalized spacial score (nSPS) is 29.7. The molecule has 1 aromatic carbocycles. The van der Waals surface area contributed by atoms with Crippen LogP contribution < -0.4 is 10.2 Å². The van der Waals surface area contributed by atoms with Gasteiger partial charge in [-0.15, -0.1) is 0 Å². The predicted octanol–water partition coefficient (Wildman–Crippen LogP) is 2.49. The minimum absolute atomic E-state index is 0.00510. The molecule has 2 heterocycles. The standard InChI is InChI=1S/C21H30F3N3O2/c22-21(23,24)15-4-3-7-17(12-15)27-10-8-26(9-11-27)13-19-20(28)18(14-29-19)25-16-5-1-2-6-16/h3-4,7,12,16,18-20,25,28H,1-2,5-6,8-11,13-14H2/t18-,19-,20+/m0/s1. The van der Waals surface area contributed by atoms with Crippen LogP contribution in [0.1, 0.15) is 31.2 Å². The Hall–Kier alpha value is -1.35. The van der Waals surface area contributed by atoms with E-state index in [-0.39, 0.29) is 12.1 Å². The second kappa shape index (κ2) is 8.79. The van der Waals surface area contributed by atoms with Crippen LogP contribution in [0.3, 0.4) is 0 Å². The predicted molar refractivity (Wildman–Crippen MR) is 105 cm³/mol. The molecule has 1 aromatic rings. The number of anilines is 1. The van der Waals surface area contributed by atoms with Crippen molar-refractivity contribution in [1.29, 1.82) is 0 Å². The summed E-state index contributed by atoms with van der Waals surface area (Å²) in [7, 11) is 0. The molecule has 4 rings (SSSR count). The van der Waals surface area contributed by atoms with E-state index in [2.05, 4.69) is 10.2 Å². The molecule has 2 N–H and O–H groups in total. The number of rotatable bonds is 5. The van der Waals surface area contributed by atoms with Gasteiger partial charge in [0.25, 0.3) is 0 Å². The molecule has 8 heteroatoms. The van der Waals surface area contributed by atoms with E-state index in [0.717, 1.165) is 19.2 Å². The second-order valence-electron chi connectivity index (χ2n) is 8.45. The molecule has 0 amide bonds. The molecule has 2 saturated heterocycles. The van der Waals surface area contributed by atoms with Crippen LogP contribution in [0.4, 0.5) is 18.9 Å². The van der Waals surface area contributed by atoms with Gasteiger partial charge in [0.15, 0.2) is 0 Å². The van der Waals surface area contributed by atoms with Gasteiger partial charge in [-0.05, 0) is 31.0 Å². The molecule has 0 radical (unpaired) electrons. The molecule has 1 aliphatic carbocycles. The molecule has 29 heavy (non-hydrogen) atoms. The Kier molecular flexibility index (Phi) is 6.34. The zero-order chi connectivity index (χ0) is 20.4. The molecule has 1 saturated carbocycles. The van der Waals surface area contributed by atoms with Crippen LogP contribution in [0, 0.1) is 0 Å². The van der Waals surface area contributed by atoms with E-state index in [1.54, 1.807) is 6.07 Å². The Morgan fingerprint density at radius 3 is 2.52 bits per heavy atom.